The van der Waals surface area contributed by atoms with E-state index in [-0.39, 0.29) is 0 Å². The van der Waals surface area contributed by atoms with Crippen LogP contribution in [0, 0.1) is 13.8 Å². The number of hydrogen-bond acceptors (Lipinski definition) is 1. The van der Waals surface area contributed by atoms with Crippen LogP contribution in [0.5, 0.6) is 11.5 Å². The highest BCUT2D eigenvalue weighted by molar-refractivity contribution is 6.88. The Bertz CT molecular complexity index is 1390. The highest BCUT2D eigenvalue weighted by Crippen LogP contribution is 2.50. The molecule has 31 heavy (non-hydrogen) atoms. The van der Waals surface area contributed by atoms with Gasteiger partial charge in [-0.1, -0.05) is 62.9 Å². The van der Waals surface area contributed by atoms with Crippen LogP contribution in [0.15, 0.2) is 42.6 Å². The number of hydrogen-bond donors (Lipinski definition) is 0. The van der Waals surface area contributed by atoms with Gasteiger partial charge in [0.1, 0.15) is 18.5 Å². The van der Waals surface area contributed by atoms with E-state index in [1.165, 1.54) is 54.7 Å². The van der Waals surface area contributed by atoms with Crippen molar-refractivity contribution in [2.45, 2.75) is 53.3 Å². The second kappa shape index (κ2) is 6.67. The van der Waals surface area contributed by atoms with Gasteiger partial charge in [-0.25, -0.2) is 4.57 Å². The van der Waals surface area contributed by atoms with Crippen molar-refractivity contribution >= 4 is 34.8 Å². The molecule has 0 amide bonds. The minimum Gasteiger partial charge on any atom is -0.455 e. The smallest absolute Gasteiger partial charge is 0.228 e. The minimum absolute atomic E-state index is 0.466. The number of nitrogens with zero attached hydrogens (tertiary/aromatic N) is 1. The maximum atomic E-state index is 6.80. The molecule has 1 aromatic heterocycles. The summed E-state index contributed by atoms with van der Waals surface area (Å²) in [5, 5.41) is 6.65. The molecule has 0 fully saturated rings. The third-order valence-electron chi connectivity index (χ3n) is 6.96. The van der Waals surface area contributed by atoms with Crippen LogP contribution >= 0.6 is 0 Å². The van der Waals surface area contributed by atoms with E-state index in [0.29, 0.717) is 5.92 Å². The van der Waals surface area contributed by atoms with E-state index >= 15 is 0 Å². The van der Waals surface area contributed by atoms with E-state index in [9.17, 15) is 0 Å². The van der Waals surface area contributed by atoms with Crippen molar-refractivity contribution in [3.8, 4) is 22.8 Å². The lowest BCUT2D eigenvalue weighted by Crippen LogP contribution is -2.38. The first kappa shape index (κ1) is 20.3. The van der Waals surface area contributed by atoms with Crippen LogP contribution < -0.4 is 14.5 Å². The van der Waals surface area contributed by atoms with Crippen molar-refractivity contribution < 1.29 is 9.30 Å². The minimum atomic E-state index is -1.48. The van der Waals surface area contributed by atoms with Crippen LogP contribution in [-0.4, -0.2) is 8.07 Å². The first-order chi connectivity index (χ1) is 14.6. The molecule has 0 unspecified atom stereocenters. The van der Waals surface area contributed by atoms with E-state index in [2.05, 4.69) is 102 Å². The van der Waals surface area contributed by atoms with E-state index in [1.807, 2.05) is 0 Å². The molecule has 0 atom stereocenters. The largest absolute Gasteiger partial charge is 0.455 e. The van der Waals surface area contributed by atoms with Crippen LogP contribution in [0.4, 0.5) is 0 Å². The third kappa shape index (κ3) is 2.86. The lowest BCUT2D eigenvalue weighted by Gasteiger charge is -2.27. The molecule has 0 bridgehead atoms. The Hall–Kier alpha value is -2.65. The van der Waals surface area contributed by atoms with E-state index < -0.39 is 8.07 Å². The molecule has 158 valence electrons. The molecule has 0 spiro atoms. The molecular formula is C28H32NOSi+. The standard InChI is InChI=1S/C28H32NOSi/c1-16(2)21-10-9-11-22-17(3)25-27-26-19(12-13-29(27)5)14-20(31(6,7)8)15-23(26)30-28(25)18(4)24(21)22/h9-16H,1-8H3/q+1. The molecule has 2 heterocycles. The fraction of sp³-hybridized carbons (Fsp3) is 0.321. The fourth-order valence-corrected chi connectivity index (χ4v) is 6.34. The maximum Gasteiger partial charge on any atom is 0.228 e. The molecular weight excluding hydrogens is 394 g/mol. The van der Waals surface area contributed by atoms with Gasteiger partial charge in [0, 0.05) is 11.6 Å². The molecule has 0 saturated heterocycles. The number of rotatable bonds is 2. The normalized spacial score (nSPS) is 13.1. The molecule has 0 saturated carbocycles. The third-order valence-corrected chi connectivity index (χ3v) is 8.98. The molecule has 0 aliphatic carbocycles. The Labute approximate surface area is 186 Å². The van der Waals surface area contributed by atoms with Crippen molar-refractivity contribution in [1.82, 2.24) is 0 Å². The zero-order chi connectivity index (χ0) is 22.2. The molecule has 0 N–H and O–H groups in total. The first-order valence-corrected chi connectivity index (χ1v) is 14.8. The van der Waals surface area contributed by atoms with Gasteiger partial charge in [-0.2, -0.15) is 0 Å². The van der Waals surface area contributed by atoms with E-state index in [0.717, 1.165) is 11.5 Å². The summed E-state index contributed by atoms with van der Waals surface area (Å²) in [7, 11) is 0.681. The molecule has 3 aromatic carbocycles. The average Bonchev–Trinajstić information content (AvgIpc) is 2.72. The van der Waals surface area contributed by atoms with Gasteiger partial charge < -0.3 is 4.74 Å². The highest BCUT2D eigenvalue weighted by Gasteiger charge is 2.33. The quantitative estimate of drug-likeness (QED) is 0.222. The lowest BCUT2D eigenvalue weighted by atomic mass is 9.85. The molecule has 3 heteroatoms. The molecule has 4 aromatic rings. The van der Waals surface area contributed by atoms with Crippen molar-refractivity contribution in [2.24, 2.45) is 7.05 Å². The van der Waals surface area contributed by atoms with Crippen LogP contribution in [0.1, 0.15) is 36.5 Å². The van der Waals surface area contributed by atoms with Crippen molar-refractivity contribution in [1.29, 1.82) is 0 Å². The Kier molecular flexibility index (Phi) is 4.36. The van der Waals surface area contributed by atoms with Crippen LogP contribution in [0.2, 0.25) is 19.6 Å². The number of ether oxygens (including phenoxy) is 1. The molecule has 1 aliphatic rings. The predicted octanol–water partition coefficient (Wildman–Crippen LogP) is 6.88. The number of aryl methyl sites for hydroxylation is 3. The van der Waals surface area contributed by atoms with Gasteiger partial charge in [-0.15, -0.1) is 0 Å². The summed E-state index contributed by atoms with van der Waals surface area (Å²) >= 11 is 0. The second-order valence-electron chi connectivity index (χ2n) is 10.4. The topological polar surface area (TPSA) is 13.1 Å². The number of pyridine rings is 1. The van der Waals surface area contributed by atoms with E-state index in [1.54, 1.807) is 0 Å². The van der Waals surface area contributed by atoms with Gasteiger partial charge in [-0.05, 0) is 53.1 Å². The summed E-state index contributed by atoms with van der Waals surface area (Å²) in [6.07, 6.45) is 2.20. The summed E-state index contributed by atoms with van der Waals surface area (Å²) in [5.41, 5.74) is 6.47. The summed E-state index contributed by atoms with van der Waals surface area (Å²) in [6, 6.07) is 13.7. The Balaban J connectivity index is 1.96. The number of fused-ring (bicyclic) bond motifs is 3. The van der Waals surface area contributed by atoms with Gasteiger partial charge in [-0.3, -0.25) is 0 Å². The average molecular weight is 427 g/mol. The Morgan fingerprint density at radius 2 is 1.68 bits per heavy atom. The first-order valence-electron chi connectivity index (χ1n) is 11.3. The zero-order valence-corrected chi connectivity index (χ0v) is 21.0. The number of benzene rings is 3. The fourth-order valence-electron chi connectivity index (χ4n) is 5.19. The summed E-state index contributed by atoms with van der Waals surface area (Å²) < 4.78 is 9.07. The maximum absolute atomic E-state index is 6.80. The van der Waals surface area contributed by atoms with Gasteiger partial charge in [0.15, 0.2) is 6.20 Å². The Morgan fingerprint density at radius 3 is 2.35 bits per heavy atom. The SMILES string of the molecule is Cc1c2c(c(C)c3c(C(C)C)cccc13)Oc1cc([Si](C)(C)C)cc3cc[n+](C)c-2c13. The van der Waals surface area contributed by atoms with Crippen molar-refractivity contribution in [2.75, 3.05) is 0 Å². The van der Waals surface area contributed by atoms with E-state index in [4.69, 9.17) is 4.74 Å². The Morgan fingerprint density at radius 1 is 0.935 bits per heavy atom. The van der Waals surface area contributed by atoms with Crippen molar-refractivity contribution in [3.63, 3.8) is 0 Å². The summed E-state index contributed by atoms with van der Waals surface area (Å²) in [5.74, 6) is 2.51. The van der Waals surface area contributed by atoms with Crippen LogP contribution in [-0.2, 0) is 7.05 Å². The zero-order valence-electron chi connectivity index (χ0n) is 20.0. The number of aromatic nitrogens is 1. The molecule has 0 radical (unpaired) electrons. The molecule has 1 aliphatic heterocycles. The van der Waals surface area contributed by atoms with Gasteiger partial charge >= 0.3 is 0 Å². The van der Waals surface area contributed by atoms with Crippen LogP contribution in [0.3, 0.4) is 0 Å². The lowest BCUT2D eigenvalue weighted by molar-refractivity contribution is -0.659. The van der Waals surface area contributed by atoms with Gasteiger partial charge in [0.2, 0.25) is 5.69 Å². The van der Waals surface area contributed by atoms with Gasteiger partial charge in [0.05, 0.1) is 19.0 Å². The van der Waals surface area contributed by atoms with Gasteiger partial charge in [0.25, 0.3) is 0 Å². The van der Waals surface area contributed by atoms with Crippen LogP contribution in [0.25, 0.3) is 32.8 Å². The summed E-state index contributed by atoms with van der Waals surface area (Å²) in [6.45, 7) is 16.3. The van der Waals surface area contributed by atoms with Crippen molar-refractivity contribution in [3.05, 3.63) is 59.3 Å². The molecule has 2 nitrogen and oxygen atoms in total. The monoisotopic (exact) mass is 426 g/mol. The molecule has 5 rings (SSSR count). The second-order valence-corrected chi connectivity index (χ2v) is 15.5. The predicted molar refractivity (Wildman–Crippen MR) is 135 cm³/mol. The summed E-state index contributed by atoms with van der Waals surface area (Å²) in [4.78, 5) is 0. The highest BCUT2D eigenvalue weighted by atomic mass is 28.3.